The third-order valence-corrected chi connectivity index (χ3v) is 6.75. The van der Waals surface area contributed by atoms with Crippen LogP contribution in [0.15, 0.2) is 78.4 Å². The zero-order chi connectivity index (χ0) is 23.1. The number of thiazole rings is 1. The summed E-state index contributed by atoms with van der Waals surface area (Å²) >= 11 is 1.33. The van der Waals surface area contributed by atoms with Crippen molar-refractivity contribution in [2.75, 3.05) is 4.90 Å². The van der Waals surface area contributed by atoms with E-state index in [4.69, 9.17) is 0 Å². The molecule has 2 heterocycles. The van der Waals surface area contributed by atoms with E-state index in [-0.39, 0.29) is 16.9 Å². The molecule has 0 aliphatic carbocycles. The van der Waals surface area contributed by atoms with Gasteiger partial charge in [-0.15, -0.1) is 0 Å². The molecule has 1 unspecified atom stereocenters. The van der Waals surface area contributed by atoms with Gasteiger partial charge < -0.3 is 5.11 Å². The van der Waals surface area contributed by atoms with Gasteiger partial charge in [-0.25, -0.2) is 9.37 Å². The lowest BCUT2D eigenvalue weighted by Gasteiger charge is -2.22. The molecule has 1 amide bonds. The summed E-state index contributed by atoms with van der Waals surface area (Å²) in [4.78, 5) is 32.4. The first kappa shape index (κ1) is 21.0. The number of rotatable bonds is 4. The molecular weight excluding hydrogens is 439 g/mol. The van der Waals surface area contributed by atoms with Crippen LogP contribution in [0.2, 0.25) is 0 Å². The van der Waals surface area contributed by atoms with Gasteiger partial charge in [-0.05, 0) is 53.9 Å². The SMILES string of the molecule is CCc1ccc2nc(N3C(=O)C(=O)/C(=C(/O)c4ccc(F)cc4)C3c3ccccc3)sc2c1. The van der Waals surface area contributed by atoms with E-state index in [9.17, 15) is 19.1 Å². The maximum atomic E-state index is 13.4. The molecular formula is C26H19FN2O3S. The number of Topliss-reactive ketones (excluding diaryl/α,β-unsaturated/α-hetero) is 1. The van der Waals surface area contributed by atoms with E-state index < -0.39 is 23.5 Å². The van der Waals surface area contributed by atoms with Gasteiger partial charge in [-0.2, -0.15) is 0 Å². The number of aliphatic hydroxyl groups excluding tert-OH is 1. The zero-order valence-corrected chi connectivity index (χ0v) is 18.5. The molecule has 0 spiro atoms. The highest BCUT2D eigenvalue weighted by Crippen LogP contribution is 2.44. The molecule has 5 nitrogen and oxygen atoms in total. The first-order chi connectivity index (χ1) is 16.0. The van der Waals surface area contributed by atoms with Crippen molar-refractivity contribution in [3.05, 3.63) is 101 Å². The number of fused-ring (bicyclic) bond motifs is 1. The normalized spacial score (nSPS) is 17.8. The van der Waals surface area contributed by atoms with Crippen LogP contribution < -0.4 is 4.90 Å². The second-order valence-electron chi connectivity index (χ2n) is 7.74. The Labute approximate surface area is 193 Å². The highest BCUT2D eigenvalue weighted by atomic mass is 32.1. The number of aromatic nitrogens is 1. The summed E-state index contributed by atoms with van der Waals surface area (Å²) in [6.45, 7) is 2.06. The minimum absolute atomic E-state index is 0.0497. The number of aliphatic hydroxyl groups is 1. The number of ketones is 1. The van der Waals surface area contributed by atoms with E-state index >= 15 is 0 Å². The smallest absolute Gasteiger partial charge is 0.301 e. The van der Waals surface area contributed by atoms with Crippen LogP contribution in [-0.4, -0.2) is 21.8 Å². The van der Waals surface area contributed by atoms with Crippen molar-refractivity contribution in [1.29, 1.82) is 0 Å². The molecule has 4 aromatic rings. The fraction of sp³-hybridized carbons (Fsp3) is 0.115. The highest BCUT2D eigenvalue weighted by Gasteiger charge is 2.48. The van der Waals surface area contributed by atoms with Gasteiger partial charge >= 0.3 is 5.91 Å². The lowest BCUT2D eigenvalue weighted by Crippen LogP contribution is -2.29. The molecule has 1 saturated heterocycles. The number of amides is 1. The summed E-state index contributed by atoms with van der Waals surface area (Å²) in [5, 5.41) is 11.4. The van der Waals surface area contributed by atoms with Crippen molar-refractivity contribution >= 4 is 44.1 Å². The van der Waals surface area contributed by atoms with Gasteiger partial charge in [0.2, 0.25) is 0 Å². The van der Waals surface area contributed by atoms with Gasteiger partial charge in [0, 0.05) is 5.56 Å². The van der Waals surface area contributed by atoms with Crippen LogP contribution in [0.4, 0.5) is 9.52 Å². The monoisotopic (exact) mass is 458 g/mol. The van der Waals surface area contributed by atoms with Crippen LogP contribution in [0, 0.1) is 5.82 Å². The van der Waals surface area contributed by atoms with Crippen LogP contribution in [0.3, 0.4) is 0 Å². The highest BCUT2D eigenvalue weighted by molar-refractivity contribution is 7.22. The Bertz CT molecular complexity index is 1410. The van der Waals surface area contributed by atoms with Crippen molar-refractivity contribution < 1.29 is 19.1 Å². The van der Waals surface area contributed by atoms with E-state index in [1.807, 2.05) is 24.3 Å². The van der Waals surface area contributed by atoms with E-state index in [1.165, 1.54) is 40.5 Å². The van der Waals surface area contributed by atoms with Crippen molar-refractivity contribution in [3.8, 4) is 0 Å². The van der Waals surface area contributed by atoms with Crippen LogP contribution >= 0.6 is 11.3 Å². The Morgan fingerprint density at radius 2 is 1.79 bits per heavy atom. The zero-order valence-electron chi connectivity index (χ0n) is 17.7. The predicted molar refractivity (Wildman–Crippen MR) is 127 cm³/mol. The Hall–Kier alpha value is -3.84. The lowest BCUT2D eigenvalue weighted by molar-refractivity contribution is -0.132. The molecule has 0 bridgehead atoms. The number of halogens is 1. The minimum atomic E-state index is -0.859. The Morgan fingerprint density at radius 1 is 1.06 bits per heavy atom. The van der Waals surface area contributed by atoms with Crippen LogP contribution in [0.1, 0.15) is 29.7 Å². The van der Waals surface area contributed by atoms with Gasteiger partial charge in [-0.1, -0.05) is 54.7 Å². The quantitative estimate of drug-likeness (QED) is 0.245. The molecule has 1 aliphatic heterocycles. The second kappa shape index (κ2) is 8.26. The first-order valence-corrected chi connectivity index (χ1v) is 11.3. The lowest BCUT2D eigenvalue weighted by atomic mass is 9.95. The molecule has 3 aromatic carbocycles. The van der Waals surface area contributed by atoms with Crippen molar-refractivity contribution in [2.45, 2.75) is 19.4 Å². The number of hydrogen-bond acceptors (Lipinski definition) is 5. The summed E-state index contributed by atoms with van der Waals surface area (Å²) < 4.78 is 14.3. The van der Waals surface area contributed by atoms with E-state index in [1.54, 1.807) is 24.3 Å². The first-order valence-electron chi connectivity index (χ1n) is 10.5. The van der Waals surface area contributed by atoms with Crippen molar-refractivity contribution in [1.82, 2.24) is 4.98 Å². The fourth-order valence-corrected chi connectivity index (χ4v) is 5.08. The fourth-order valence-electron chi connectivity index (χ4n) is 4.02. The maximum absolute atomic E-state index is 13.4. The number of benzene rings is 3. The third kappa shape index (κ3) is 3.60. The van der Waals surface area contributed by atoms with Gasteiger partial charge in [-0.3, -0.25) is 14.5 Å². The van der Waals surface area contributed by atoms with E-state index in [2.05, 4.69) is 11.9 Å². The maximum Gasteiger partial charge on any atom is 0.301 e. The molecule has 5 rings (SSSR count). The minimum Gasteiger partial charge on any atom is -0.507 e. The Balaban J connectivity index is 1.71. The number of nitrogens with zero attached hydrogens (tertiary/aromatic N) is 2. The molecule has 1 N–H and O–H groups in total. The van der Waals surface area contributed by atoms with Crippen LogP contribution in [0.25, 0.3) is 16.0 Å². The van der Waals surface area contributed by atoms with Crippen LogP contribution in [0.5, 0.6) is 0 Å². The predicted octanol–water partition coefficient (Wildman–Crippen LogP) is 5.62. The van der Waals surface area contributed by atoms with Gasteiger partial charge in [0.05, 0.1) is 21.8 Å². The average molecular weight is 459 g/mol. The van der Waals surface area contributed by atoms with Crippen molar-refractivity contribution in [3.63, 3.8) is 0 Å². The summed E-state index contributed by atoms with van der Waals surface area (Å²) in [5.74, 6) is -2.38. The number of hydrogen-bond donors (Lipinski definition) is 1. The number of aryl methyl sites for hydroxylation is 1. The topological polar surface area (TPSA) is 70.5 Å². The van der Waals surface area contributed by atoms with E-state index in [0.29, 0.717) is 10.7 Å². The van der Waals surface area contributed by atoms with Gasteiger partial charge in [0.1, 0.15) is 11.6 Å². The molecule has 7 heteroatoms. The molecule has 1 aliphatic rings. The summed E-state index contributed by atoms with van der Waals surface area (Å²) in [6, 6.07) is 19.2. The van der Waals surface area contributed by atoms with Crippen LogP contribution in [-0.2, 0) is 16.0 Å². The third-order valence-electron chi connectivity index (χ3n) is 5.73. The molecule has 164 valence electrons. The second-order valence-corrected chi connectivity index (χ2v) is 8.75. The average Bonchev–Trinajstić information content (AvgIpc) is 3.37. The Kier molecular flexibility index (Phi) is 5.26. The number of carbonyl (C=O) groups is 2. The standard InChI is InChI=1S/C26H19FN2O3S/c1-2-15-8-13-19-20(14-15)33-26(28-19)29-22(16-6-4-3-5-7-16)21(24(31)25(29)32)23(30)17-9-11-18(27)12-10-17/h3-14,22,30H,2H2,1H3/b23-21+. The molecule has 0 saturated carbocycles. The summed E-state index contributed by atoms with van der Waals surface area (Å²) in [7, 11) is 0. The number of carbonyl (C=O) groups excluding carboxylic acids is 2. The molecule has 33 heavy (non-hydrogen) atoms. The molecule has 0 radical (unpaired) electrons. The summed E-state index contributed by atoms with van der Waals surface area (Å²) in [5.41, 5.74) is 2.75. The number of anilines is 1. The summed E-state index contributed by atoms with van der Waals surface area (Å²) in [6.07, 6.45) is 0.870. The van der Waals surface area contributed by atoms with E-state index in [0.717, 1.165) is 22.2 Å². The van der Waals surface area contributed by atoms with Crippen molar-refractivity contribution in [2.24, 2.45) is 0 Å². The molecule has 1 fully saturated rings. The van der Waals surface area contributed by atoms with Gasteiger partial charge in [0.25, 0.3) is 5.78 Å². The molecule has 1 atom stereocenters. The molecule has 1 aromatic heterocycles. The largest absolute Gasteiger partial charge is 0.507 e. The van der Waals surface area contributed by atoms with Gasteiger partial charge in [0.15, 0.2) is 5.13 Å². The Morgan fingerprint density at radius 3 is 2.48 bits per heavy atom.